The topological polar surface area (TPSA) is 93.6 Å². The zero-order chi connectivity index (χ0) is 34.5. The van der Waals surface area contributed by atoms with Crippen molar-refractivity contribution >= 4 is 39.2 Å². The van der Waals surface area contributed by atoms with Gasteiger partial charge in [0.1, 0.15) is 17.3 Å². The largest absolute Gasteiger partial charge is 0.493 e. The second kappa shape index (κ2) is 15.7. The Bertz CT molecular complexity index is 1930. The quantitative estimate of drug-likeness (QED) is 0.0938. The number of carbonyl (C=O) groups excluding carboxylic acids is 1. The number of halogens is 2. The number of morpholine rings is 1. The van der Waals surface area contributed by atoms with Gasteiger partial charge in [0, 0.05) is 54.3 Å². The number of aryl methyl sites for hydroxylation is 2. The van der Waals surface area contributed by atoms with E-state index in [-0.39, 0.29) is 18.5 Å². The summed E-state index contributed by atoms with van der Waals surface area (Å²) in [5, 5.41) is 11.7. The maximum Gasteiger partial charge on any atom is 0.355 e. The average molecular weight is 690 g/mol. The van der Waals surface area contributed by atoms with Crippen molar-refractivity contribution < 1.29 is 23.4 Å². The van der Waals surface area contributed by atoms with Crippen LogP contribution in [0.4, 0.5) is 4.39 Å². The van der Waals surface area contributed by atoms with Gasteiger partial charge in [-0.3, -0.25) is 9.58 Å². The van der Waals surface area contributed by atoms with Gasteiger partial charge < -0.3 is 24.5 Å². The molecule has 0 amide bonds. The lowest BCUT2D eigenvalue weighted by Gasteiger charge is -2.28. The third kappa shape index (κ3) is 7.33. The minimum Gasteiger partial charge on any atom is -0.493 e. The first-order valence-corrected chi connectivity index (χ1v) is 17.6. The fourth-order valence-electron chi connectivity index (χ4n) is 7.01. The smallest absolute Gasteiger partial charge is 0.355 e. The van der Waals surface area contributed by atoms with Crippen molar-refractivity contribution in [2.45, 2.75) is 45.6 Å². The molecule has 0 radical (unpaired) electrons. The highest BCUT2D eigenvalue weighted by Gasteiger charge is 2.29. The fourth-order valence-corrected chi connectivity index (χ4v) is 7.27. The van der Waals surface area contributed by atoms with Crippen LogP contribution in [0.5, 0.6) is 5.75 Å². The van der Waals surface area contributed by atoms with Gasteiger partial charge in [-0.15, -0.1) is 0 Å². The first kappa shape index (κ1) is 34.9. The van der Waals surface area contributed by atoms with Crippen LogP contribution in [0.15, 0.2) is 48.5 Å². The van der Waals surface area contributed by atoms with Crippen molar-refractivity contribution in [3.8, 4) is 16.9 Å². The number of nitrogens with zero attached hydrogens (tertiary/aromatic N) is 3. The maximum atomic E-state index is 13.8. The lowest BCUT2D eigenvalue weighted by molar-refractivity contribution is 0.0362. The van der Waals surface area contributed by atoms with E-state index in [9.17, 15) is 9.18 Å². The predicted octanol–water partition coefficient (Wildman–Crippen LogP) is 7.25. The minimum absolute atomic E-state index is 0.0164. The molecule has 2 aromatic heterocycles. The van der Waals surface area contributed by atoms with Crippen LogP contribution in [0, 0.1) is 5.82 Å². The molecule has 0 saturated carbocycles. The van der Waals surface area contributed by atoms with E-state index in [0.717, 1.165) is 95.4 Å². The summed E-state index contributed by atoms with van der Waals surface area (Å²) in [5.74, 6) is 0.00223. The van der Waals surface area contributed by atoms with Crippen molar-refractivity contribution in [2.75, 3.05) is 53.1 Å². The molecule has 6 rings (SSSR count). The number of hydrogen-bond donors (Lipinski definition) is 2. The Morgan fingerprint density at radius 3 is 2.67 bits per heavy atom. The molecule has 3 aromatic carbocycles. The van der Waals surface area contributed by atoms with Gasteiger partial charge in [0.05, 0.1) is 48.7 Å². The van der Waals surface area contributed by atoms with Crippen LogP contribution < -0.4 is 10.1 Å². The molecule has 1 atom stereocenters. The van der Waals surface area contributed by atoms with Crippen molar-refractivity contribution in [2.24, 2.45) is 7.05 Å². The van der Waals surface area contributed by atoms with Crippen LogP contribution >= 0.6 is 11.6 Å². The van der Waals surface area contributed by atoms with Gasteiger partial charge in [-0.2, -0.15) is 5.10 Å². The molecule has 9 nitrogen and oxygen atoms in total. The average Bonchev–Trinajstić information content (AvgIpc) is 3.64. The van der Waals surface area contributed by atoms with Crippen LogP contribution in [0.25, 0.3) is 32.8 Å². The molecule has 1 aliphatic rings. The summed E-state index contributed by atoms with van der Waals surface area (Å²) >= 11 is 7.09. The molecule has 260 valence electrons. The number of aromatic amines is 1. The number of H-pyrrole nitrogens is 1. The number of fused-ring (bicyclic) bond motifs is 2. The maximum absolute atomic E-state index is 13.8. The number of hydrogen-bond acceptors (Lipinski definition) is 7. The first-order chi connectivity index (χ1) is 23.8. The third-order valence-corrected chi connectivity index (χ3v) is 9.75. The highest BCUT2D eigenvalue weighted by Crippen LogP contribution is 2.43. The number of esters is 1. The van der Waals surface area contributed by atoms with E-state index >= 15 is 0 Å². The van der Waals surface area contributed by atoms with Gasteiger partial charge in [0.25, 0.3) is 0 Å². The normalized spacial score (nSPS) is 14.5. The number of carbonyl (C=O) groups is 1. The molecule has 5 aromatic rings. The third-order valence-electron chi connectivity index (χ3n) is 9.44. The number of rotatable bonds is 14. The van der Waals surface area contributed by atoms with Crippen molar-refractivity contribution in [1.82, 2.24) is 25.0 Å². The van der Waals surface area contributed by atoms with Crippen LogP contribution in [-0.4, -0.2) is 78.7 Å². The van der Waals surface area contributed by atoms with Crippen LogP contribution in [0.2, 0.25) is 5.02 Å². The summed E-state index contributed by atoms with van der Waals surface area (Å²) in [6.45, 7) is 8.86. The van der Waals surface area contributed by atoms with Gasteiger partial charge in [-0.1, -0.05) is 36.7 Å². The van der Waals surface area contributed by atoms with Gasteiger partial charge in [0.15, 0.2) is 0 Å². The number of ether oxygens (including phenoxy) is 3. The van der Waals surface area contributed by atoms with E-state index < -0.39 is 5.97 Å². The highest BCUT2D eigenvalue weighted by atomic mass is 35.5. The van der Waals surface area contributed by atoms with Crippen molar-refractivity contribution in [3.05, 3.63) is 82.0 Å². The summed E-state index contributed by atoms with van der Waals surface area (Å²) in [7, 11) is 3.95. The van der Waals surface area contributed by atoms with E-state index in [1.165, 1.54) is 12.1 Å². The zero-order valence-electron chi connectivity index (χ0n) is 28.7. The van der Waals surface area contributed by atoms with Gasteiger partial charge in [0.2, 0.25) is 0 Å². The lowest BCUT2D eigenvalue weighted by Crippen LogP contribution is -2.38. The molecule has 2 N–H and O–H groups in total. The molecule has 1 fully saturated rings. The van der Waals surface area contributed by atoms with Crippen molar-refractivity contribution in [3.63, 3.8) is 0 Å². The second-order valence-electron chi connectivity index (χ2n) is 12.4. The van der Waals surface area contributed by atoms with E-state index in [4.69, 9.17) is 30.9 Å². The summed E-state index contributed by atoms with van der Waals surface area (Å²) in [5.41, 5.74) is 5.88. The van der Waals surface area contributed by atoms with Crippen LogP contribution in [0.3, 0.4) is 0 Å². The fraction of sp³-hybridized carbons (Fsp3) is 0.421. The standard InChI is InChI=1S/C38H45ClFN5O4/c1-5-31-34(37(43-44(31)4)30(41-3)16-17-45-18-21-47-22-19-45)33-29(39)15-14-28-27(36(42-35(28)33)38(46)48-6-2)10-8-20-49-32-11-7-9-24-23-25(40)12-13-26(24)32/h7,9,11-15,23,30,41-42H,5-6,8,10,16-22H2,1-4H3. The van der Waals surface area contributed by atoms with E-state index in [0.29, 0.717) is 35.9 Å². The molecular weight excluding hydrogens is 645 g/mol. The highest BCUT2D eigenvalue weighted by molar-refractivity contribution is 6.35. The summed E-state index contributed by atoms with van der Waals surface area (Å²) < 4.78 is 33.0. The molecule has 3 heterocycles. The van der Waals surface area contributed by atoms with Gasteiger partial charge in [-0.05, 0) is 80.9 Å². The molecule has 1 aliphatic heterocycles. The number of nitrogens with one attached hydrogen (secondary N) is 2. The lowest BCUT2D eigenvalue weighted by atomic mass is 9.94. The Balaban J connectivity index is 1.35. The van der Waals surface area contributed by atoms with E-state index in [2.05, 4.69) is 22.1 Å². The number of aromatic nitrogens is 3. The molecule has 1 unspecified atom stereocenters. The Kier molecular flexibility index (Phi) is 11.2. The SMILES string of the molecule is CCOC(=O)c1[nH]c2c(-c3c(C(CCN4CCOCC4)NC)nn(C)c3CC)c(Cl)ccc2c1CCCOc1cccc2cc(F)ccc12. The van der Waals surface area contributed by atoms with Crippen LogP contribution in [0.1, 0.15) is 60.2 Å². The predicted molar refractivity (Wildman–Crippen MR) is 192 cm³/mol. The molecule has 1 saturated heterocycles. The number of benzene rings is 3. The Labute approximate surface area is 291 Å². The van der Waals surface area contributed by atoms with Gasteiger partial charge in [-0.25, -0.2) is 9.18 Å². The first-order valence-electron chi connectivity index (χ1n) is 17.2. The molecule has 49 heavy (non-hydrogen) atoms. The molecular formula is C38H45ClFN5O4. The summed E-state index contributed by atoms with van der Waals surface area (Å²) in [6.07, 6.45) is 2.82. The Morgan fingerprint density at radius 2 is 1.92 bits per heavy atom. The Morgan fingerprint density at radius 1 is 1.12 bits per heavy atom. The van der Waals surface area contributed by atoms with E-state index in [1.54, 1.807) is 13.0 Å². The molecule has 0 spiro atoms. The van der Waals surface area contributed by atoms with E-state index in [1.807, 2.05) is 49.1 Å². The molecule has 11 heteroatoms. The zero-order valence-corrected chi connectivity index (χ0v) is 29.5. The Hall–Kier alpha value is -3.96. The summed E-state index contributed by atoms with van der Waals surface area (Å²) in [6, 6.07) is 14.2. The van der Waals surface area contributed by atoms with Crippen molar-refractivity contribution in [1.29, 1.82) is 0 Å². The monoisotopic (exact) mass is 689 g/mol. The van der Waals surface area contributed by atoms with Crippen LogP contribution in [-0.2, 0) is 29.4 Å². The van der Waals surface area contributed by atoms with Gasteiger partial charge >= 0.3 is 5.97 Å². The minimum atomic E-state index is -0.409. The molecule has 0 bridgehead atoms. The second-order valence-corrected chi connectivity index (χ2v) is 12.8. The summed E-state index contributed by atoms with van der Waals surface area (Å²) in [4.78, 5) is 19.3. The molecule has 0 aliphatic carbocycles.